The minimum Gasteiger partial charge on any atom is -0.457 e. The van der Waals surface area contributed by atoms with Gasteiger partial charge < -0.3 is 19.5 Å². The second-order valence-electron chi connectivity index (χ2n) is 10.3. The molecule has 2 aliphatic carbocycles. The number of hydrogen-bond acceptors (Lipinski definition) is 5. The van der Waals surface area contributed by atoms with E-state index in [0.717, 1.165) is 37.5 Å². The third-order valence-electron chi connectivity index (χ3n) is 8.24. The molecule has 2 bridgehead atoms. The van der Waals surface area contributed by atoms with Crippen molar-refractivity contribution in [2.24, 2.45) is 5.92 Å². The van der Waals surface area contributed by atoms with Crippen molar-refractivity contribution in [3.8, 4) is 5.75 Å². The van der Waals surface area contributed by atoms with Crippen LogP contribution in [0.1, 0.15) is 102 Å². The monoisotopic (exact) mass is 457 g/mol. The molecule has 1 N–H and O–H groups in total. The maximum absolute atomic E-state index is 11.9. The van der Waals surface area contributed by atoms with E-state index in [1.807, 2.05) is 6.07 Å². The van der Waals surface area contributed by atoms with E-state index in [4.69, 9.17) is 14.2 Å². The molecule has 1 saturated carbocycles. The minimum absolute atomic E-state index is 0.102. The standard InChI is InChI=1S/C28H43NO4/c1-2-3-4-5-6-7-8-11-18-31-27(30)33-21-32-23-14-13-22-19-26-24-12-9-10-15-28(24,16-17-29-26)25(22)20-23/h13-14,20,24,26,29H,2-12,15-19,21H2,1H3/t24-,26+,28-/m1/s1. The van der Waals surface area contributed by atoms with Gasteiger partial charge in [0.25, 0.3) is 0 Å². The lowest BCUT2D eigenvalue weighted by Crippen LogP contribution is -2.59. The van der Waals surface area contributed by atoms with Crippen molar-refractivity contribution in [1.29, 1.82) is 0 Å². The summed E-state index contributed by atoms with van der Waals surface area (Å²) in [6.45, 7) is 3.67. The van der Waals surface area contributed by atoms with E-state index in [1.165, 1.54) is 81.8 Å². The molecule has 5 heteroatoms. The van der Waals surface area contributed by atoms with E-state index in [2.05, 4.69) is 24.4 Å². The first-order valence-corrected chi connectivity index (χ1v) is 13.5. The van der Waals surface area contributed by atoms with Crippen LogP contribution in [0.25, 0.3) is 0 Å². The van der Waals surface area contributed by atoms with Gasteiger partial charge in [0.1, 0.15) is 5.75 Å². The molecule has 0 amide bonds. The van der Waals surface area contributed by atoms with Gasteiger partial charge in [0.05, 0.1) is 6.61 Å². The molecule has 184 valence electrons. The average molecular weight is 458 g/mol. The van der Waals surface area contributed by atoms with E-state index in [0.29, 0.717) is 18.1 Å². The molecule has 0 unspecified atom stereocenters. The van der Waals surface area contributed by atoms with Crippen molar-refractivity contribution < 1.29 is 19.0 Å². The molecule has 0 radical (unpaired) electrons. The van der Waals surface area contributed by atoms with Crippen LogP contribution in [0.5, 0.6) is 5.75 Å². The van der Waals surface area contributed by atoms with Crippen molar-refractivity contribution in [3.63, 3.8) is 0 Å². The van der Waals surface area contributed by atoms with E-state index in [1.54, 1.807) is 0 Å². The molecule has 1 aliphatic heterocycles. The molecule has 1 heterocycles. The fraction of sp³-hybridized carbons (Fsp3) is 0.750. The molecule has 3 atom stereocenters. The lowest BCUT2D eigenvalue weighted by Gasteiger charge is -2.56. The summed E-state index contributed by atoms with van der Waals surface area (Å²) in [5.41, 5.74) is 3.25. The van der Waals surface area contributed by atoms with Crippen molar-refractivity contribution in [3.05, 3.63) is 29.3 Å². The Morgan fingerprint density at radius 1 is 1.03 bits per heavy atom. The van der Waals surface area contributed by atoms with Gasteiger partial charge in [0, 0.05) is 11.5 Å². The number of benzene rings is 1. The highest BCUT2D eigenvalue weighted by molar-refractivity contribution is 5.59. The number of piperidine rings is 1. The third kappa shape index (κ3) is 6.03. The van der Waals surface area contributed by atoms with Gasteiger partial charge in [-0.25, -0.2) is 4.79 Å². The number of rotatable bonds is 12. The smallest absolute Gasteiger partial charge is 0.457 e. The van der Waals surface area contributed by atoms with Crippen molar-refractivity contribution in [1.82, 2.24) is 5.32 Å². The predicted molar refractivity (Wildman–Crippen MR) is 131 cm³/mol. The maximum atomic E-state index is 11.9. The minimum atomic E-state index is -0.636. The molecule has 33 heavy (non-hydrogen) atoms. The van der Waals surface area contributed by atoms with E-state index < -0.39 is 6.16 Å². The molecule has 0 spiro atoms. The lowest BCUT2D eigenvalue weighted by atomic mass is 9.53. The first-order valence-electron chi connectivity index (χ1n) is 13.5. The Hall–Kier alpha value is -1.75. The van der Waals surface area contributed by atoms with E-state index in [9.17, 15) is 4.79 Å². The van der Waals surface area contributed by atoms with Gasteiger partial charge >= 0.3 is 6.16 Å². The zero-order chi connectivity index (χ0) is 22.9. The normalized spacial score (nSPS) is 25.6. The molecule has 1 aromatic carbocycles. The average Bonchev–Trinajstić information content (AvgIpc) is 2.83. The third-order valence-corrected chi connectivity index (χ3v) is 8.24. The summed E-state index contributed by atoms with van der Waals surface area (Å²) >= 11 is 0. The molecular formula is C28H43NO4. The van der Waals surface area contributed by atoms with Gasteiger partial charge in [-0.15, -0.1) is 0 Å². The Labute approximate surface area is 199 Å². The number of ether oxygens (including phenoxy) is 3. The maximum Gasteiger partial charge on any atom is 0.511 e. The number of fused-ring (bicyclic) bond motifs is 1. The molecule has 2 fully saturated rings. The quantitative estimate of drug-likeness (QED) is 0.216. The van der Waals surface area contributed by atoms with Gasteiger partial charge in [0.2, 0.25) is 6.79 Å². The van der Waals surface area contributed by atoms with Gasteiger partial charge in [0.15, 0.2) is 0 Å². The molecular weight excluding hydrogens is 414 g/mol. The van der Waals surface area contributed by atoms with E-state index >= 15 is 0 Å². The highest BCUT2D eigenvalue weighted by atomic mass is 16.8. The van der Waals surface area contributed by atoms with Crippen LogP contribution in [0, 0.1) is 5.92 Å². The summed E-state index contributed by atoms with van der Waals surface area (Å²) in [7, 11) is 0. The zero-order valence-electron chi connectivity index (χ0n) is 20.5. The SMILES string of the molecule is CCCCCCCCCCOC(=O)OCOc1ccc2c(c1)[C@@]13CCCC[C@@H]1[C@H](C2)NCC3. The number of unbranched alkanes of at least 4 members (excludes halogenated alkanes) is 7. The number of hydrogen-bond donors (Lipinski definition) is 1. The molecule has 5 nitrogen and oxygen atoms in total. The van der Waals surface area contributed by atoms with Crippen LogP contribution in [0.3, 0.4) is 0 Å². The Morgan fingerprint density at radius 3 is 2.70 bits per heavy atom. The summed E-state index contributed by atoms with van der Waals surface area (Å²) < 4.78 is 16.2. The Morgan fingerprint density at radius 2 is 1.85 bits per heavy atom. The molecule has 0 aromatic heterocycles. The topological polar surface area (TPSA) is 56.8 Å². The molecule has 4 rings (SSSR count). The summed E-state index contributed by atoms with van der Waals surface area (Å²) in [5, 5.41) is 3.78. The van der Waals surface area contributed by atoms with Crippen molar-refractivity contribution in [2.45, 2.75) is 108 Å². The Balaban J connectivity index is 1.18. The van der Waals surface area contributed by atoms with Crippen molar-refractivity contribution >= 4 is 6.16 Å². The summed E-state index contributed by atoms with van der Waals surface area (Å²) in [6, 6.07) is 7.09. The lowest BCUT2D eigenvalue weighted by molar-refractivity contribution is 0.00381. The van der Waals surface area contributed by atoms with Crippen LogP contribution < -0.4 is 10.1 Å². The molecule has 1 saturated heterocycles. The summed E-state index contributed by atoms with van der Waals surface area (Å²) in [5.74, 6) is 1.53. The van der Waals surface area contributed by atoms with Crippen LogP contribution in [0.15, 0.2) is 18.2 Å². The predicted octanol–water partition coefficient (Wildman–Crippen LogP) is 6.66. The number of carbonyl (C=O) groups is 1. The van der Waals surface area contributed by atoms with Crippen LogP contribution in [0.4, 0.5) is 4.79 Å². The highest BCUT2D eigenvalue weighted by Crippen LogP contribution is 2.54. The van der Waals surface area contributed by atoms with Crippen LogP contribution in [-0.2, 0) is 21.3 Å². The van der Waals surface area contributed by atoms with Gasteiger partial charge in [-0.05, 0) is 67.8 Å². The fourth-order valence-electron chi connectivity index (χ4n) is 6.57. The fourth-order valence-corrected chi connectivity index (χ4v) is 6.57. The van der Waals surface area contributed by atoms with Crippen LogP contribution >= 0.6 is 0 Å². The molecule has 1 aromatic rings. The van der Waals surface area contributed by atoms with E-state index in [-0.39, 0.29) is 6.79 Å². The van der Waals surface area contributed by atoms with Gasteiger partial charge in [-0.3, -0.25) is 0 Å². The van der Waals surface area contributed by atoms with Crippen molar-refractivity contribution in [2.75, 3.05) is 19.9 Å². The van der Waals surface area contributed by atoms with Crippen LogP contribution in [0.2, 0.25) is 0 Å². The van der Waals surface area contributed by atoms with Gasteiger partial charge in [-0.1, -0.05) is 70.8 Å². The Bertz CT molecular complexity index is 762. The van der Waals surface area contributed by atoms with Crippen LogP contribution in [-0.4, -0.2) is 32.1 Å². The summed E-state index contributed by atoms with van der Waals surface area (Å²) in [4.78, 5) is 11.9. The number of carbonyl (C=O) groups excluding carboxylic acids is 1. The second kappa shape index (κ2) is 12.1. The van der Waals surface area contributed by atoms with Gasteiger partial charge in [-0.2, -0.15) is 0 Å². The second-order valence-corrected chi connectivity index (χ2v) is 10.3. The molecule has 3 aliphatic rings. The number of nitrogens with one attached hydrogen (secondary N) is 1. The zero-order valence-corrected chi connectivity index (χ0v) is 20.5. The first-order chi connectivity index (χ1) is 16.2. The first kappa shape index (κ1) is 24.4. The summed E-state index contributed by atoms with van der Waals surface area (Å²) in [6.07, 6.45) is 16.7. The highest BCUT2D eigenvalue weighted by Gasteiger charge is 2.51. The Kier molecular flexibility index (Phi) is 8.94. The largest absolute Gasteiger partial charge is 0.511 e.